The maximum atomic E-state index is 12.0. The van der Waals surface area contributed by atoms with Crippen LogP contribution in [0.4, 0.5) is 0 Å². The smallest absolute Gasteiger partial charge is 0.331 e. The molecule has 27 heavy (non-hydrogen) atoms. The predicted octanol–water partition coefficient (Wildman–Crippen LogP) is 3.67. The van der Waals surface area contributed by atoms with Crippen molar-refractivity contribution in [3.05, 3.63) is 59.2 Å². The fourth-order valence-corrected chi connectivity index (χ4v) is 2.43. The van der Waals surface area contributed by atoms with Crippen molar-refractivity contribution < 1.29 is 28.5 Å². The largest absolute Gasteiger partial charge is 0.496 e. The second-order valence-corrected chi connectivity index (χ2v) is 5.64. The Bertz CT molecular complexity index is 854. The lowest BCUT2D eigenvalue weighted by atomic mass is 10.1. The van der Waals surface area contributed by atoms with Crippen molar-refractivity contribution in [2.45, 2.75) is 13.5 Å². The highest BCUT2D eigenvalue weighted by molar-refractivity contribution is 5.94. The third-order valence-corrected chi connectivity index (χ3v) is 3.88. The lowest BCUT2D eigenvalue weighted by Crippen LogP contribution is -2.04. The summed E-state index contributed by atoms with van der Waals surface area (Å²) in [7, 11) is 4.62. The van der Waals surface area contributed by atoms with E-state index in [-0.39, 0.29) is 12.4 Å². The monoisotopic (exact) mass is 370 g/mol. The van der Waals surface area contributed by atoms with E-state index in [1.807, 2.05) is 0 Å². The van der Waals surface area contributed by atoms with Crippen molar-refractivity contribution >= 4 is 17.8 Å². The van der Waals surface area contributed by atoms with E-state index in [1.165, 1.54) is 20.1 Å². The molecule has 0 radical (unpaired) electrons. The standard InChI is InChI=1S/C21H22O6/c1-14(22)16-7-9-18(24-2)17(12-16)13-27-21(23)10-6-15-5-8-19(25-3)20(11-15)26-4/h5-12H,13H2,1-4H3. The number of rotatable bonds is 8. The van der Waals surface area contributed by atoms with Crippen LogP contribution in [0.5, 0.6) is 17.2 Å². The number of Topliss-reactive ketones (excluding diaryl/α,β-unsaturated/α-hetero) is 1. The molecule has 0 N–H and O–H groups in total. The number of methoxy groups -OCH3 is 3. The molecule has 0 spiro atoms. The van der Waals surface area contributed by atoms with Crippen LogP contribution < -0.4 is 14.2 Å². The van der Waals surface area contributed by atoms with E-state index in [4.69, 9.17) is 18.9 Å². The van der Waals surface area contributed by atoms with E-state index in [1.54, 1.807) is 56.7 Å². The minimum absolute atomic E-state index is 0.000595. The van der Waals surface area contributed by atoms with Crippen molar-refractivity contribution in [3.8, 4) is 17.2 Å². The van der Waals surface area contributed by atoms with Crippen molar-refractivity contribution in [2.24, 2.45) is 0 Å². The highest BCUT2D eigenvalue weighted by atomic mass is 16.5. The number of benzene rings is 2. The summed E-state index contributed by atoms with van der Waals surface area (Å²) in [5, 5.41) is 0. The third-order valence-electron chi connectivity index (χ3n) is 3.88. The molecule has 0 fully saturated rings. The molecule has 0 bridgehead atoms. The minimum Gasteiger partial charge on any atom is -0.496 e. The van der Waals surface area contributed by atoms with Gasteiger partial charge in [0.05, 0.1) is 21.3 Å². The van der Waals surface area contributed by atoms with Gasteiger partial charge in [0.2, 0.25) is 0 Å². The molecule has 142 valence electrons. The first-order valence-electron chi connectivity index (χ1n) is 8.23. The van der Waals surface area contributed by atoms with E-state index in [9.17, 15) is 9.59 Å². The van der Waals surface area contributed by atoms with Crippen LogP contribution in [0.25, 0.3) is 6.08 Å². The zero-order valence-electron chi connectivity index (χ0n) is 15.8. The van der Waals surface area contributed by atoms with Crippen LogP contribution in [0.3, 0.4) is 0 Å². The summed E-state index contributed by atoms with van der Waals surface area (Å²) >= 11 is 0. The molecule has 0 atom stereocenters. The highest BCUT2D eigenvalue weighted by Crippen LogP contribution is 2.28. The molecule has 0 aromatic heterocycles. The summed E-state index contributed by atoms with van der Waals surface area (Å²) in [5.41, 5.74) is 1.92. The Morgan fingerprint density at radius 2 is 1.56 bits per heavy atom. The van der Waals surface area contributed by atoms with Gasteiger partial charge in [-0.1, -0.05) is 6.07 Å². The van der Waals surface area contributed by atoms with Gasteiger partial charge >= 0.3 is 5.97 Å². The fourth-order valence-electron chi connectivity index (χ4n) is 2.43. The van der Waals surface area contributed by atoms with Crippen molar-refractivity contribution in [1.82, 2.24) is 0 Å². The molecule has 6 nitrogen and oxygen atoms in total. The molecule has 0 amide bonds. The van der Waals surface area contributed by atoms with E-state index in [2.05, 4.69) is 0 Å². The Morgan fingerprint density at radius 3 is 2.19 bits per heavy atom. The third kappa shape index (κ3) is 5.34. The SMILES string of the molecule is COc1ccc(C(C)=O)cc1COC(=O)C=Cc1ccc(OC)c(OC)c1. The van der Waals surface area contributed by atoms with Gasteiger partial charge in [-0.3, -0.25) is 4.79 Å². The van der Waals surface area contributed by atoms with Gasteiger partial charge in [0.15, 0.2) is 17.3 Å². The van der Waals surface area contributed by atoms with Gasteiger partial charge in [-0.25, -0.2) is 4.79 Å². The summed E-state index contributed by atoms with van der Waals surface area (Å²) in [5.74, 6) is 1.14. The number of hydrogen-bond donors (Lipinski definition) is 0. The van der Waals surface area contributed by atoms with E-state index in [0.29, 0.717) is 28.4 Å². The Kier molecular flexibility index (Phi) is 7.00. The Labute approximate surface area is 158 Å². The number of carbonyl (C=O) groups is 2. The first-order chi connectivity index (χ1) is 13.0. The second-order valence-electron chi connectivity index (χ2n) is 5.64. The van der Waals surface area contributed by atoms with Crippen molar-refractivity contribution in [2.75, 3.05) is 21.3 Å². The fraction of sp³-hybridized carbons (Fsp3) is 0.238. The molecule has 0 aliphatic heterocycles. The molecule has 0 saturated heterocycles. The van der Waals surface area contributed by atoms with Crippen LogP contribution in [0, 0.1) is 0 Å². The molecule has 0 aliphatic carbocycles. The van der Waals surface area contributed by atoms with E-state index in [0.717, 1.165) is 5.56 Å². The van der Waals surface area contributed by atoms with Gasteiger partial charge < -0.3 is 18.9 Å². The Morgan fingerprint density at radius 1 is 0.889 bits per heavy atom. The Hall–Kier alpha value is -3.28. The lowest BCUT2D eigenvalue weighted by molar-refractivity contribution is -0.138. The molecule has 2 rings (SSSR count). The van der Waals surface area contributed by atoms with Crippen LogP contribution >= 0.6 is 0 Å². The van der Waals surface area contributed by atoms with Crippen molar-refractivity contribution in [1.29, 1.82) is 0 Å². The molecular weight excluding hydrogens is 348 g/mol. The molecule has 6 heteroatoms. The van der Waals surface area contributed by atoms with Crippen LogP contribution in [0.15, 0.2) is 42.5 Å². The summed E-state index contributed by atoms with van der Waals surface area (Å²) < 4.78 is 20.9. The predicted molar refractivity (Wildman–Crippen MR) is 101 cm³/mol. The molecule has 2 aromatic carbocycles. The van der Waals surface area contributed by atoms with Gasteiger partial charge in [-0.15, -0.1) is 0 Å². The lowest BCUT2D eigenvalue weighted by Gasteiger charge is -2.10. The number of ketones is 1. The van der Waals surface area contributed by atoms with Crippen LogP contribution in [-0.2, 0) is 16.1 Å². The van der Waals surface area contributed by atoms with Crippen molar-refractivity contribution in [3.63, 3.8) is 0 Å². The number of carbonyl (C=O) groups excluding carboxylic acids is 2. The zero-order valence-corrected chi connectivity index (χ0v) is 15.8. The van der Waals surface area contributed by atoms with Gasteiger partial charge in [0, 0.05) is 17.2 Å². The summed E-state index contributed by atoms with van der Waals surface area (Å²) in [6.45, 7) is 1.48. The van der Waals surface area contributed by atoms with Gasteiger partial charge in [0.25, 0.3) is 0 Å². The summed E-state index contributed by atoms with van der Waals surface area (Å²) in [4.78, 5) is 23.5. The molecule has 0 heterocycles. The zero-order chi connectivity index (χ0) is 19.8. The quantitative estimate of drug-likeness (QED) is 0.401. The number of hydrogen-bond acceptors (Lipinski definition) is 6. The highest BCUT2D eigenvalue weighted by Gasteiger charge is 2.09. The Balaban J connectivity index is 2.05. The van der Waals surface area contributed by atoms with Gasteiger partial charge in [-0.2, -0.15) is 0 Å². The topological polar surface area (TPSA) is 71.1 Å². The molecule has 2 aromatic rings. The van der Waals surface area contributed by atoms with Gasteiger partial charge in [0.1, 0.15) is 12.4 Å². The first-order valence-corrected chi connectivity index (χ1v) is 8.23. The normalized spacial score (nSPS) is 10.5. The van der Waals surface area contributed by atoms with Crippen LogP contribution in [-0.4, -0.2) is 33.1 Å². The molecule has 0 aliphatic rings. The summed E-state index contributed by atoms with van der Waals surface area (Å²) in [6.07, 6.45) is 2.94. The molecule has 0 saturated carbocycles. The minimum atomic E-state index is -0.514. The second kappa shape index (κ2) is 9.43. The average molecular weight is 370 g/mol. The van der Waals surface area contributed by atoms with E-state index >= 15 is 0 Å². The maximum absolute atomic E-state index is 12.0. The maximum Gasteiger partial charge on any atom is 0.331 e. The van der Waals surface area contributed by atoms with E-state index < -0.39 is 5.97 Å². The first kappa shape index (κ1) is 20.0. The molecular formula is C21H22O6. The number of ether oxygens (including phenoxy) is 4. The van der Waals surface area contributed by atoms with Gasteiger partial charge in [-0.05, 0) is 48.9 Å². The molecule has 0 unspecified atom stereocenters. The summed E-state index contributed by atoms with van der Waals surface area (Å²) in [6, 6.07) is 10.3. The average Bonchev–Trinajstić information content (AvgIpc) is 2.69. The number of esters is 1. The van der Waals surface area contributed by atoms with Crippen LogP contribution in [0.2, 0.25) is 0 Å². The van der Waals surface area contributed by atoms with Crippen LogP contribution in [0.1, 0.15) is 28.4 Å².